The van der Waals surface area contributed by atoms with Crippen LogP contribution >= 0.6 is 0 Å². The minimum absolute atomic E-state index is 0.473. The van der Waals surface area contributed by atoms with E-state index in [0.29, 0.717) is 5.82 Å². The van der Waals surface area contributed by atoms with Crippen LogP contribution in [0.1, 0.15) is 11.1 Å². The Morgan fingerprint density at radius 3 is 2.42 bits per heavy atom. The zero-order chi connectivity index (χ0) is 16.4. The van der Waals surface area contributed by atoms with Gasteiger partial charge in [-0.1, -0.05) is 30.0 Å². The fourth-order valence-electron chi connectivity index (χ4n) is 2.49. The van der Waals surface area contributed by atoms with Crippen molar-refractivity contribution in [2.24, 2.45) is 0 Å². The lowest BCUT2D eigenvalue weighted by Gasteiger charge is -2.02. The third-order valence-corrected chi connectivity index (χ3v) is 3.66. The zero-order valence-corrected chi connectivity index (χ0v) is 12.7. The molecule has 4 aromatic rings. The van der Waals surface area contributed by atoms with Crippen LogP contribution in [0.3, 0.4) is 0 Å². The highest BCUT2D eigenvalue weighted by atomic mass is 15.2. The average molecular weight is 311 g/mol. The van der Waals surface area contributed by atoms with Crippen LogP contribution < -0.4 is 5.73 Å². The molecule has 2 heterocycles. The molecule has 114 valence electrons. The minimum Gasteiger partial charge on any atom is -0.384 e. The lowest BCUT2D eigenvalue weighted by Crippen LogP contribution is -1.93. The summed E-state index contributed by atoms with van der Waals surface area (Å²) in [5.74, 6) is 6.85. The maximum absolute atomic E-state index is 5.87. The summed E-state index contributed by atoms with van der Waals surface area (Å²) >= 11 is 0. The van der Waals surface area contributed by atoms with Gasteiger partial charge in [0.2, 0.25) is 0 Å². The Kier molecular flexibility index (Phi) is 3.41. The quantitative estimate of drug-likeness (QED) is 0.549. The van der Waals surface area contributed by atoms with Gasteiger partial charge in [0.15, 0.2) is 0 Å². The van der Waals surface area contributed by atoms with Gasteiger partial charge in [-0.15, -0.1) is 10.2 Å². The summed E-state index contributed by atoms with van der Waals surface area (Å²) in [5, 5.41) is 8.60. The molecule has 0 aliphatic heterocycles. The number of hydrogen-bond acceptors (Lipinski definition) is 4. The molecule has 4 rings (SSSR count). The number of para-hydroxylation sites is 1. The molecule has 2 aromatic carbocycles. The van der Waals surface area contributed by atoms with E-state index >= 15 is 0 Å². The van der Waals surface area contributed by atoms with Crippen LogP contribution in [-0.2, 0) is 0 Å². The normalized spacial score (nSPS) is 10.3. The number of anilines is 1. The molecule has 0 atom stereocenters. The Balaban J connectivity index is 1.70. The Morgan fingerprint density at radius 2 is 1.62 bits per heavy atom. The second-order valence-corrected chi connectivity index (χ2v) is 5.28. The van der Waals surface area contributed by atoms with Crippen LogP contribution in [0.15, 0.2) is 67.3 Å². The Labute approximate surface area is 138 Å². The van der Waals surface area contributed by atoms with Gasteiger partial charge >= 0.3 is 0 Å². The molecular formula is C19H13N5. The molecule has 2 N–H and O–H groups in total. The summed E-state index contributed by atoms with van der Waals surface area (Å²) in [5.41, 5.74) is 9.51. The third kappa shape index (κ3) is 2.69. The van der Waals surface area contributed by atoms with E-state index in [9.17, 15) is 0 Å². The lowest BCUT2D eigenvalue weighted by atomic mass is 10.1. The number of aromatic nitrogens is 4. The first kappa shape index (κ1) is 14.0. The first-order valence-corrected chi connectivity index (χ1v) is 7.42. The highest BCUT2D eigenvalue weighted by Crippen LogP contribution is 2.18. The van der Waals surface area contributed by atoms with E-state index in [4.69, 9.17) is 5.73 Å². The molecule has 0 aliphatic rings. The summed E-state index contributed by atoms with van der Waals surface area (Å²) in [7, 11) is 0. The minimum atomic E-state index is 0.473. The number of rotatable bonds is 1. The highest BCUT2D eigenvalue weighted by molar-refractivity contribution is 5.86. The monoisotopic (exact) mass is 311 g/mol. The van der Waals surface area contributed by atoms with Gasteiger partial charge in [0.05, 0.1) is 5.52 Å². The van der Waals surface area contributed by atoms with E-state index in [1.54, 1.807) is 18.7 Å². The van der Waals surface area contributed by atoms with Crippen LogP contribution in [0, 0.1) is 11.8 Å². The lowest BCUT2D eigenvalue weighted by molar-refractivity contribution is 1.06. The van der Waals surface area contributed by atoms with Crippen LogP contribution in [0.4, 0.5) is 5.82 Å². The number of nitrogens with zero attached hydrogens (tertiary/aromatic N) is 4. The van der Waals surface area contributed by atoms with E-state index < -0.39 is 0 Å². The maximum Gasteiger partial charge on any atom is 0.125 e. The molecular weight excluding hydrogens is 298 g/mol. The molecule has 0 amide bonds. The molecule has 5 heteroatoms. The second kappa shape index (κ2) is 5.86. The summed E-state index contributed by atoms with van der Waals surface area (Å²) in [6, 6.07) is 17.5. The molecule has 0 bridgehead atoms. The Hall–Kier alpha value is -3.65. The average Bonchev–Trinajstić information content (AvgIpc) is 3.14. The predicted octanol–water partition coefficient (Wildman–Crippen LogP) is 2.80. The van der Waals surface area contributed by atoms with Crippen molar-refractivity contribution in [3.63, 3.8) is 0 Å². The molecule has 0 aliphatic carbocycles. The largest absolute Gasteiger partial charge is 0.384 e. The molecule has 2 aromatic heterocycles. The standard InChI is InChI=1S/C19H13N5/c20-19-11-15(17-3-1-2-4-18(17)23-19)8-5-14-6-9-16(10-7-14)24-12-21-22-13-24/h1-4,6-7,9-13H,(H2,20,23). The topological polar surface area (TPSA) is 69.6 Å². The van der Waals surface area contributed by atoms with Crippen molar-refractivity contribution in [1.29, 1.82) is 0 Å². The van der Waals surface area contributed by atoms with Gasteiger partial charge in [0, 0.05) is 22.2 Å². The van der Waals surface area contributed by atoms with E-state index in [-0.39, 0.29) is 0 Å². The molecule has 0 unspecified atom stereocenters. The third-order valence-electron chi connectivity index (χ3n) is 3.66. The number of benzene rings is 2. The number of hydrogen-bond donors (Lipinski definition) is 1. The summed E-state index contributed by atoms with van der Waals surface area (Å²) in [4.78, 5) is 4.33. The predicted molar refractivity (Wildman–Crippen MR) is 93.5 cm³/mol. The number of fused-ring (bicyclic) bond motifs is 1. The van der Waals surface area contributed by atoms with Crippen molar-refractivity contribution in [3.8, 4) is 17.5 Å². The van der Waals surface area contributed by atoms with E-state index in [2.05, 4.69) is 27.0 Å². The second-order valence-electron chi connectivity index (χ2n) is 5.28. The van der Waals surface area contributed by atoms with E-state index in [1.807, 2.05) is 53.1 Å². The smallest absolute Gasteiger partial charge is 0.125 e. The first-order chi connectivity index (χ1) is 11.8. The first-order valence-electron chi connectivity index (χ1n) is 7.42. The van der Waals surface area contributed by atoms with E-state index in [0.717, 1.165) is 27.7 Å². The van der Waals surface area contributed by atoms with Crippen molar-refractivity contribution in [2.45, 2.75) is 0 Å². The van der Waals surface area contributed by atoms with Crippen molar-refractivity contribution in [2.75, 3.05) is 5.73 Å². The van der Waals surface area contributed by atoms with Gasteiger partial charge in [0.25, 0.3) is 0 Å². The number of nitrogen functional groups attached to an aromatic ring is 1. The molecule has 0 fully saturated rings. The van der Waals surface area contributed by atoms with Gasteiger partial charge in [-0.2, -0.15) is 0 Å². The van der Waals surface area contributed by atoms with Crippen molar-refractivity contribution >= 4 is 16.7 Å². The molecule has 5 nitrogen and oxygen atoms in total. The van der Waals surface area contributed by atoms with Crippen LogP contribution in [0.2, 0.25) is 0 Å². The molecule has 24 heavy (non-hydrogen) atoms. The van der Waals surface area contributed by atoms with Crippen molar-refractivity contribution < 1.29 is 0 Å². The van der Waals surface area contributed by atoms with Gasteiger partial charge in [0.1, 0.15) is 18.5 Å². The van der Waals surface area contributed by atoms with Gasteiger partial charge < -0.3 is 5.73 Å². The fourth-order valence-corrected chi connectivity index (χ4v) is 2.49. The summed E-state index contributed by atoms with van der Waals surface area (Å²) in [6.07, 6.45) is 3.32. The summed E-state index contributed by atoms with van der Waals surface area (Å²) in [6.45, 7) is 0. The number of nitrogens with two attached hydrogens (primary N) is 1. The van der Waals surface area contributed by atoms with Crippen LogP contribution in [-0.4, -0.2) is 19.7 Å². The SMILES string of the molecule is Nc1cc(C#Cc2ccc(-n3cnnc3)cc2)c2ccccc2n1. The van der Waals surface area contributed by atoms with Crippen LogP contribution in [0.25, 0.3) is 16.6 Å². The molecule has 0 saturated carbocycles. The highest BCUT2D eigenvalue weighted by Gasteiger charge is 2.01. The molecule has 0 spiro atoms. The maximum atomic E-state index is 5.87. The van der Waals surface area contributed by atoms with Crippen molar-refractivity contribution in [1.82, 2.24) is 19.7 Å². The van der Waals surface area contributed by atoms with Gasteiger partial charge in [-0.25, -0.2) is 4.98 Å². The molecule has 0 radical (unpaired) electrons. The molecule has 0 saturated heterocycles. The zero-order valence-electron chi connectivity index (χ0n) is 12.7. The van der Waals surface area contributed by atoms with Gasteiger partial charge in [-0.3, -0.25) is 4.57 Å². The Bertz CT molecular complexity index is 1050. The van der Waals surface area contributed by atoms with Crippen LogP contribution in [0.5, 0.6) is 0 Å². The number of pyridine rings is 1. The van der Waals surface area contributed by atoms with E-state index in [1.165, 1.54) is 0 Å². The van der Waals surface area contributed by atoms with Gasteiger partial charge in [-0.05, 0) is 36.4 Å². The van der Waals surface area contributed by atoms with Crippen molar-refractivity contribution in [3.05, 3.63) is 78.4 Å². The Morgan fingerprint density at radius 1 is 0.875 bits per heavy atom. The fraction of sp³-hybridized carbons (Fsp3) is 0. The summed E-state index contributed by atoms with van der Waals surface area (Å²) < 4.78 is 1.84.